The third-order valence-electron chi connectivity index (χ3n) is 8.90. The van der Waals surface area contributed by atoms with Crippen molar-refractivity contribution in [3.63, 3.8) is 0 Å². The molecular weight excluding hydrogens is 623 g/mol. The highest BCUT2D eigenvalue weighted by atomic mass is 19.4. The van der Waals surface area contributed by atoms with Gasteiger partial charge in [-0.05, 0) is 83.2 Å². The monoisotopic (exact) mass is 685 g/mol. The highest BCUT2D eigenvalue weighted by Crippen LogP contribution is 2.42. The summed E-state index contributed by atoms with van der Waals surface area (Å²) in [7, 11) is 1.82. The van der Waals surface area contributed by atoms with Crippen LogP contribution in [0.4, 0.5) is 13.2 Å². The number of allylic oxidation sites excluding steroid dienone is 7. The van der Waals surface area contributed by atoms with Gasteiger partial charge in [0.2, 0.25) is 0 Å². The molecule has 0 saturated carbocycles. The number of hydrogen-bond acceptors (Lipinski definition) is 5. The molecule has 49 heavy (non-hydrogen) atoms. The highest BCUT2D eigenvalue weighted by Gasteiger charge is 2.36. The Morgan fingerprint density at radius 1 is 1.16 bits per heavy atom. The standard InChI is InChI=1S/C40H62F3N5O/c1-10-12-13-20-37(35-18-14-19-36(33(35)7)39(8)24-15-17-34(23-25-39)49-40(41,42)43)45-26-16-27-48(11-2)29-31(5)21-22-38(44-9)46-28-32(6)47-30(3)4/h14,17-18,20-23,25,30-32,36,45,47H,10-13,16,19,26-29H2,1-9H3,(H,44,46)/b22-21-,37-20+. The van der Waals surface area contributed by atoms with E-state index < -0.39 is 11.8 Å². The lowest BCUT2D eigenvalue weighted by atomic mass is 9.69. The van der Waals surface area contributed by atoms with Gasteiger partial charge in [-0.25, -0.2) is 0 Å². The molecule has 0 bridgehead atoms. The summed E-state index contributed by atoms with van der Waals surface area (Å²) in [6, 6.07) is 0.804. The Morgan fingerprint density at radius 3 is 2.57 bits per heavy atom. The number of aliphatic imine (C=N–C) groups is 1. The summed E-state index contributed by atoms with van der Waals surface area (Å²) < 4.78 is 42.7. The third-order valence-corrected chi connectivity index (χ3v) is 8.90. The van der Waals surface area contributed by atoms with E-state index in [0.717, 1.165) is 81.9 Å². The molecule has 274 valence electrons. The van der Waals surface area contributed by atoms with E-state index in [1.165, 1.54) is 17.7 Å². The Morgan fingerprint density at radius 2 is 1.92 bits per heavy atom. The van der Waals surface area contributed by atoms with Crippen molar-refractivity contribution in [2.24, 2.45) is 22.2 Å². The smallest absolute Gasteiger partial charge is 0.405 e. The van der Waals surface area contributed by atoms with Gasteiger partial charge < -0.3 is 25.6 Å². The van der Waals surface area contributed by atoms with Crippen molar-refractivity contribution in [1.82, 2.24) is 20.9 Å². The zero-order valence-corrected chi connectivity index (χ0v) is 31.4. The molecule has 2 aliphatic rings. The molecule has 6 nitrogen and oxygen atoms in total. The molecule has 0 aliphatic heterocycles. The van der Waals surface area contributed by atoms with E-state index in [1.54, 1.807) is 6.08 Å². The maximum atomic E-state index is 12.9. The summed E-state index contributed by atoms with van der Waals surface area (Å²) >= 11 is 0. The van der Waals surface area contributed by atoms with E-state index in [0.29, 0.717) is 18.0 Å². The van der Waals surface area contributed by atoms with E-state index in [9.17, 15) is 13.2 Å². The summed E-state index contributed by atoms with van der Waals surface area (Å²) in [5, 5.41) is 10.7. The number of unbranched alkanes of at least 4 members (excludes halogenated alkanes) is 2. The zero-order chi connectivity index (χ0) is 36.5. The van der Waals surface area contributed by atoms with E-state index in [1.807, 2.05) is 14.0 Å². The molecule has 9 heteroatoms. The normalized spacial score (nSPS) is 21.5. The van der Waals surface area contributed by atoms with Gasteiger partial charge in [-0.1, -0.05) is 88.8 Å². The van der Waals surface area contributed by atoms with Gasteiger partial charge in [0.05, 0.1) is 5.41 Å². The molecule has 2 rings (SSSR count). The number of rotatable bonds is 20. The summed E-state index contributed by atoms with van der Waals surface area (Å²) in [5.41, 5.74) is 2.81. The van der Waals surface area contributed by atoms with Crippen LogP contribution in [0, 0.1) is 29.1 Å². The van der Waals surface area contributed by atoms with Gasteiger partial charge in [0.15, 0.2) is 0 Å². The van der Waals surface area contributed by atoms with Crippen LogP contribution in [0.15, 0.2) is 76.2 Å². The SMILES string of the molecule is CCCC/C=C(/NCCCN(CC)CC(C)/C=C\C(=NC)NCC(C)NC(C)C)C1=C(C)C(C2(C)C#CC=C(OC(F)(F)F)C=C2)CC=C1. The minimum atomic E-state index is -4.75. The van der Waals surface area contributed by atoms with Crippen LogP contribution in [0.1, 0.15) is 87.5 Å². The topological polar surface area (TPSA) is 60.9 Å². The van der Waals surface area contributed by atoms with Gasteiger partial charge >= 0.3 is 6.36 Å². The molecule has 2 aliphatic carbocycles. The molecule has 4 atom stereocenters. The molecule has 0 aromatic rings. The van der Waals surface area contributed by atoms with Crippen molar-refractivity contribution < 1.29 is 17.9 Å². The fraction of sp³-hybridized carbons (Fsp3) is 0.625. The summed E-state index contributed by atoms with van der Waals surface area (Å²) in [6.07, 6.45) is 15.5. The molecule has 3 N–H and O–H groups in total. The zero-order valence-electron chi connectivity index (χ0n) is 31.4. The first-order chi connectivity index (χ1) is 23.2. The van der Waals surface area contributed by atoms with E-state index in [-0.39, 0.29) is 11.7 Å². The first-order valence-corrected chi connectivity index (χ1v) is 18.1. The number of hydrogen-bond donors (Lipinski definition) is 3. The quantitative estimate of drug-likeness (QED) is 0.0520. The van der Waals surface area contributed by atoms with Crippen molar-refractivity contribution in [3.8, 4) is 11.8 Å². The van der Waals surface area contributed by atoms with Gasteiger partial charge in [0.1, 0.15) is 11.6 Å². The van der Waals surface area contributed by atoms with Gasteiger partial charge in [0, 0.05) is 56.5 Å². The molecule has 4 unspecified atom stereocenters. The average Bonchev–Trinajstić information content (AvgIpc) is 3.21. The molecule has 0 aromatic carbocycles. The number of halogens is 3. The Bertz CT molecular complexity index is 1310. The number of alkyl halides is 3. The van der Waals surface area contributed by atoms with E-state index in [2.05, 4.69) is 121 Å². The lowest BCUT2D eigenvalue weighted by Crippen LogP contribution is -2.41. The minimum absolute atomic E-state index is 0.0185. The molecule has 0 saturated heterocycles. The van der Waals surface area contributed by atoms with Gasteiger partial charge in [-0.2, -0.15) is 0 Å². The first-order valence-electron chi connectivity index (χ1n) is 18.1. The van der Waals surface area contributed by atoms with Gasteiger partial charge in [0.25, 0.3) is 0 Å². The number of nitrogens with zero attached hydrogens (tertiary/aromatic N) is 2. The van der Waals surface area contributed by atoms with Gasteiger partial charge in [-0.15, -0.1) is 13.2 Å². The lowest BCUT2D eigenvalue weighted by Gasteiger charge is -2.34. The number of ether oxygens (including phenoxy) is 1. The van der Waals surface area contributed by atoms with Gasteiger partial charge in [-0.3, -0.25) is 4.99 Å². The molecule has 0 radical (unpaired) electrons. The molecule has 0 amide bonds. The molecule has 0 aromatic heterocycles. The van der Waals surface area contributed by atoms with Crippen LogP contribution in [0.25, 0.3) is 0 Å². The molecular formula is C40H62F3N5O. The largest absolute Gasteiger partial charge is 0.573 e. The second kappa shape index (κ2) is 21.1. The minimum Gasteiger partial charge on any atom is -0.405 e. The highest BCUT2D eigenvalue weighted by molar-refractivity contribution is 5.92. The van der Waals surface area contributed by atoms with Crippen molar-refractivity contribution in [2.75, 3.05) is 39.8 Å². The number of amidine groups is 1. The van der Waals surface area contributed by atoms with Crippen LogP contribution < -0.4 is 16.0 Å². The molecule has 0 heterocycles. The van der Waals surface area contributed by atoms with Crippen LogP contribution in [0.3, 0.4) is 0 Å². The van der Waals surface area contributed by atoms with Crippen molar-refractivity contribution in [1.29, 1.82) is 0 Å². The lowest BCUT2D eigenvalue weighted by molar-refractivity contribution is -0.303. The fourth-order valence-corrected chi connectivity index (χ4v) is 6.28. The van der Waals surface area contributed by atoms with E-state index in [4.69, 9.17) is 0 Å². The van der Waals surface area contributed by atoms with Crippen molar-refractivity contribution in [2.45, 2.75) is 106 Å². The molecule has 0 spiro atoms. The number of nitrogens with one attached hydrogen (secondary N) is 3. The predicted octanol–water partition coefficient (Wildman–Crippen LogP) is 8.45. The Kier molecular flexibility index (Phi) is 18.1. The first kappa shape index (κ1) is 41.9. The summed E-state index contributed by atoms with van der Waals surface area (Å²) in [6.45, 7) is 21.9. The summed E-state index contributed by atoms with van der Waals surface area (Å²) in [4.78, 5) is 6.90. The van der Waals surface area contributed by atoms with Crippen LogP contribution in [-0.2, 0) is 4.74 Å². The van der Waals surface area contributed by atoms with Crippen molar-refractivity contribution in [3.05, 3.63) is 71.2 Å². The van der Waals surface area contributed by atoms with Crippen LogP contribution in [0.2, 0.25) is 0 Å². The third kappa shape index (κ3) is 15.5. The van der Waals surface area contributed by atoms with Crippen LogP contribution >= 0.6 is 0 Å². The van der Waals surface area contributed by atoms with E-state index >= 15 is 0 Å². The Hall–Kier alpha value is -3.22. The Balaban J connectivity index is 2.03. The van der Waals surface area contributed by atoms with Crippen LogP contribution in [0.5, 0.6) is 0 Å². The second-order valence-electron chi connectivity index (χ2n) is 13.7. The van der Waals surface area contributed by atoms with Crippen molar-refractivity contribution >= 4 is 5.84 Å². The maximum Gasteiger partial charge on any atom is 0.573 e. The molecule has 0 fully saturated rings. The summed E-state index contributed by atoms with van der Waals surface area (Å²) in [5.74, 6) is 7.05. The van der Waals surface area contributed by atoms with Crippen LogP contribution in [-0.4, -0.2) is 69.0 Å². The Labute approximate surface area is 295 Å². The predicted molar refractivity (Wildman–Crippen MR) is 200 cm³/mol. The maximum absolute atomic E-state index is 12.9. The average molecular weight is 686 g/mol. The fourth-order valence-electron chi connectivity index (χ4n) is 6.28. The second-order valence-corrected chi connectivity index (χ2v) is 13.7.